The SMILES string of the molecule is CCCC(O)C(=O)N1CCN(c2nc(N)c3cc(OC)c(OC)cc3n2)CC1. The van der Waals surface area contributed by atoms with Gasteiger partial charge in [-0.05, 0) is 12.5 Å². The van der Waals surface area contributed by atoms with Gasteiger partial charge in [0, 0.05) is 37.6 Å². The Morgan fingerprint density at radius 2 is 1.82 bits per heavy atom. The van der Waals surface area contributed by atoms with Crippen molar-refractivity contribution < 1.29 is 19.4 Å². The summed E-state index contributed by atoms with van der Waals surface area (Å²) in [6, 6.07) is 3.54. The first kappa shape index (κ1) is 19.9. The van der Waals surface area contributed by atoms with Crippen LogP contribution in [-0.4, -0.2) is 72.4 Å². The van der Waals surface area contributed by atoms with Crippen molar-refractivity contribution in [3.05, 3.63) is 12.1 Å². The predicted octanol–water partition coefficient (Wildman–Crippen LogP) is 1.04. The Bertz CT molecular complexity index is 852. The summed E-state index contributed by atoms with van der Waals surface area (Å²) in [7, 11) is 3.13. The second-order valence-corrected chi connectivity index (χ2v) is 6.75. The number of nitrogens with zero attached hydrogens (tertiary/aromatic N) is 4. The summed E-state index contributed by atoms with van der Waals surface area (Å²) >= 11 is 0. The van der Waals surface area contributed by atoms with Gasteiger partial charge in [0.1, 0.15) is 11.9 Å². The minimum atomic E-state index is -0.924. The van der Waals surface area contributed by atoms with Gasteiger partial charge < -0.3 is 30.1 Å². The first-order valence-corrected chi connectivity index (χ1v) is 9.39. The average molecular weight is 389 g/mol. The molecule has 0 radical (unpaired) electrons. The van der Waals surface area contributed by atoms with E-state index in [1.54, 1.807) is 31.3 Å². The van der Waals surface area contributed by atoms with Crippen LogP contribution in [0.15, 0.2) is 12.1 Å². The van der Waals surface area contributed by atoms with Crippen molar-refractivity contribution in [2.75, 3.05) is 51.0 Å². The zero-order valence-corrected chi connectivity index (χ0v) is 16.5. The lowest BCUT2D eigenvalue weighted by atomic mass is 10.1. The Morgan fingerprint density at radius 3 is 2.43 bits per heavy atom. The van der Waals surface area contributed by atoms with Crippen LogP contribution in [0.4, 0.5) is 11.8 Å². The highest BCUT2D eigenvalue weighted by Gasteiger charge is 2.27. The summed E-state index contributed by atoms with van der Waals surface area (Å²) in [6.07, 6.45) is 0.326. The quantitative estimate of drug-likeness (QED) is 0.753. The number of methoxy groups -OCH3 is 2. The van der Waals surface area contributed by atoms with E-state index in [2.05, 4.69) is 9.97 Å². The normalized spacial score (nSPS) is 15.6. The third-order valence-electron chi connectivity index (χ3n) is 4.94. The van der Waals surface area contributed by atoms with E-state index in [1.165, 1.54) is 0 Å². The molecule has 1 fully saturated rings. The van der Waals surface area contributed by atoms with Crippen molar-refractivity contribution in [3.63, 3.8) is 0 Å². The molecular weight excluding hydrogens is 362 g/mol. The van der Waals surface area contributed by atoms with Crippen LogP contribution in [0.1, 0.15) is 19.8 Å². The van der Waals surface area contributed by atoms with Crippen LogP contribution in [0.2, 0.25) is 0 Å². The molecule has 0 spiro atoms. The number of benzene rings is 1. The van der Waals surface area contributed by atoms with Gasteiger partial charge >= 0.3 is 0 Å². The molecule has 1 atom stereocenters. The van der Waals surface area contributed by atoms with Gasteiger partial charge in [-0.1, -0.05) is 13.3 Å². The monoisotopic (exact) mass is 389 g/mol. The van der Waals surface area contributed by atoms with Crippen LogP contribution in [0.25, 0.3) is 10.9 Å². The molecule has 28 heavy (non-hydrogen) atoms. The smallest absolute Gasteiger partial charge is 0.251 e. The summed E-state index contributed by atoms with van der Waals surface area (Å²) in [6.45, 7) is 4.10. The van der Waals surface area contributed by atoms with E-state index in [4.69, 9.17) is 15.2 Å². The highest BCUT2D eigenvalue weighted by Crippen LogP contribution is 2.34. The van der Waals surface area contributed by atoms with E-state index in [9.17, 15) is 9.90 Å². The number of hydrogen-bond donors (Lipinski definition) is 2. The van der Waals surface area contributed by atoms with E-state index < -0.39 is 6.10 Å². The molecule has 1 amide bonds. The molecule has 2 heterocycles. The van der Waals surface area contributed by atoms with Gasteiger partial charge in [-0.25, -0.2) is 4.98 Å². The lowest BCUT2D eigenvalue weighted by molar-refractivity contribution is -0.140. The fraction of sp³-hybridized carbons (Fsp3) is 0.526. The zero-order chi connectivity index (χ0) is 20.3. The van der Waals surface area contributed by atoms with E-state index in [-0.39, 0.29) is 5.91 Å². The molecule has 2 aromatic rings. The lowest BCUT2D eigenvalue weighted by Gasteiger charge is -2.35. The van der Waals surface area contributed by atoms with Crippen molar-refractivity contribution in [2.45, 2.75) is 25.9 Å². The second-order valence-electron chi connectivity index (χ2n) is 6.75. The molecule has 9 heteroatoms. The number of amides is 1. The third kappa shape index (κ3) is 3.89. The number of rotatable bonds is 6. The maximum Gasteiger partial charge on any atom is 0.251 e. The van der Waals surface area contributed by atoms with E-state index in [1.807, 2.05) is 11.8 Å². The molecule has 0 saturated carbocycles. The molecule has 0 bridgehead atoms. The molecule has 1 aliphatic heterocycles. The third-order valence-corrected chi connectivity index (χ3v) is 4.94. The molecule has 1 aromatic heterocycles. The van der Waals surface area contributed by atoms with E-state index in [0.717, 1.165) is 6.42 Å². The Labute approximate surface area is 164 Å². The number of aliphatic hydroxyl groups is 1. The number of aromatic nitrogens is 2. The first-order chi connectivity index (χ1) is 13.5. The number of ether oxygens (including phenoxy) is 2. The van der Waals surface area contributed by atoms with Crippen LogP contribution in [-0.2, 0) is 4.79 Å². The summed E-state index contributed by atoms with van der Waals surface area (Å²) in [5.41, 5.74) is 6.82. The maximum atomic E-state index is 12.3. The van der Waals surface area contributed by atoms with E-state index >= 15 is 0 Å². The number of nitrogen functional groups attached to an aromatic ring is 1. The molecule has 1 unspecified atom stereocenters. The van der Waals surface area contributed by atoms with Crippen molar-refractivity contribution in [2.24, 2.45) is 0 Å². The van der Waals surface area contributed by atoms with Gasteiger partial charge in [0.05, 0.1) is 19.7 Å². The molecule has 152 valence electrons. The number of anilines is 2. The fourth-order valence-electron chi connectivity index (χ4n) is 3.34. The number of aliphatic hydroxyl groups excluding tert-OH is 1. The highest BCUT2D eigenvalue weighted by atomic mass is 16.5. The number of hydrogen-bond acceptors (Lipinski definition) is 8. The number of fused-ring (bicyclic) bond motifs is 1. The Kier molecular flexibility index (Phi) is 6.03. The maximum absolute atomic E-state index is 12.3. The van der Waals surface area contributed by atoms with Gasteiger partial charge in [0.15, 0.2) is 11.5 Å². The summed E-state index contributed by atoms with van der Waals surface area (Å²) in [5, 5.41) is 10.6. The Hall–Kier alpha value is -2.81. The largest absolute Gasteiger partial charge is 0.493 e. The van der Waals surface area contributed by atoms with Gasteiger partial charge in [0.2, 0.25) is 5.95 Å². The molecule has 1 aromatic carbocycles. The summed E-state index contributed by atoms with van der Waals surface area (Å²) in [4.78, 5) is 25.0. The van der Waals surface area contributed by atoms with Crippen LogP contribution in [0, 0.1) is 0 Å². The zero-order valence-electron chi connectivity index (χ0n) is 16.5. The molecule has 9 nitrogen and oxygen atoms in total. The second kappa shape index (κ2) is 8.47. The highest BCUT2D eigenvalue weighted by molar-refractivity contribution is 5.91. The van der Waals surface area contributed by atoms with Crippen molar-refractivity contribution in [1.29, 1.82) is 0 Å². The van der Waals surface area contributed by atoms with Gasteiger partial charge in [-0.3, -0.25) is 4.79 Å². The van der Waals surface area contributed by atoms with Crippen LogP contribution < -0.4 is 20.1 Å². The minimum absolute atomic E-state index is 0.211. The van der Waals surface area contributed by atoms with Gasteiger partial charge in [-0.15, -0.1) is 0 Å². The molecule has 3 rings (SSSR count). The van der Waals surface area contributed by atoms with E-state index in [0.29, 0.717) is 66.8 Å². The molecule has 1 saturated heterocycles. The number of carbonyl (C=O) groups is 1. The number of carbonyl (C=O) groups excluding carboxylic acids is 1. The van der Waals surface area contributed by atoms with Gasteiger partial charge in [-0.2, -0.15) is 4.98 Å². The number of nitrogens with two attached hydrogens (primary N) is 1. The summed E-state index contributed by atoms with van der Waals surface area (Å²) < 4.78 is 10.7. The van der Waals surface area contributed by atoms with Crippen molar-refractivity contribution >= 4 is 28.6 Å². The van der Waals surface area contributed by atoms with Crippen molar-refractivity contribution in [3.8, 4) is 11.5 Å². The molecule has 1 aliphatic rings. The average Bonchev–Trinajstić information content (AvgIpc) is 2.72. The minimum Gasteiger partial charge on any atom is -0.493 e. The topological polar surface area (TPSA) is 114 Å². The predicted molar refractivity (Wildman–Crippen MR) is 107 cm³/mol. The molecule has 3 N–H and O–H groups in total. The Morgan fingerprint density at radius 1 is 1.18 bits per heavy atom. The summed E-state index contributed by atoms with van der Waals surface area (Å²) in [5.74, 6) is 1.80. The fourth-order valence-corrected chi connectivity index (χ4v) is 3.34. The van der Waals surface area contributed by atoms with Gasteiger partial charge in [0.25, 0.3) is 5.91 Å². The standard InChI is InChI=1S/C19H27N5O4/c1-4-5-14(25)18(26)23-6-8-24(9-7-23)19-21-13-11-16(28-3)15(27-2)10-12(13)17(20)22-19/h10-11,14,25H,4-9H2,1-3H3,(H2,20,21,22). The van der Waals surface area contributed by atoms with Crippen LogP contribution >= 0.6 is 0 Å². The number of piperazine rings is 1. The lowest BCUT2D eigenvalue weighted by Crippen LogP contribution is -2.52. The van der Waals surface area contributed by atoms with Crippen LogP contribution in [0.3, 0.4) is 0 Å². The van der Waals surface area contributed by atoms with Crippen molar-refractivity contribution in [1.82, 2.24) is 14.9 Å². The Balaban J connectivity index is 1.79. The molecular formula is C19H27N5O4. The molecule has 0 aliphatic carbocycles. The van der Waals surface area contributed by atoms with Crippen LogP contribution in [0.5, 0.6) is 11.5 Å². The first-order valence-electron chi connectivity index (χ1n) is 9.39.